The maximum atomic E-state index is 13.0. The quantitative estimate of drug-likeness (QED) is 0.765. The Hall–Kier alpha value is -0.840. The average molecular weight is 264 g/mol. The van der Waals surface area contributed by atoms with Crippen molar-refractivity contribution in [2.24, 2.45) is 5.73 Å². The molecular formula is C12H19ClFNO2. The maximum Gasteiger partial charge on any atom is 0.123 e. The van der Waals surface area contributed by atoms with Crippen LogP contribution in [0.2, 0.25) is 0 Å². The molecule has 3 nitrogen and oxygen atoms in total. The molecule has 0 bridgehead atoms. The van der Waals surface area contributed by atoms with Crippen molar-refractivity contribution in [2.75, 3.05) is 0 Å². The van der Waals surface area contributed by atoms with Crippen molar-refractivity contribution in [3.05, 3.63) is 29.6 Å². The van der Waals surface area contributed by atoms with Crippen LogP contribution in [0.15, 0.2) is 18.2 Å². The summed E-state index contributed by atoms with van der Waals surface area (Å²) in [6.45, 7) is 2.01. The van der Waals surface area contributed by atoms with Gasteiger partial charge in [-0.25, -0.2) is 4.39 Å². The van der Waals surface area contributed by atoms with Crippen LogP contribution in [-0.4, -0.2) is 16.3 Å². The number of halogens is 2. The molecule has 0 unspecified atom stereocenters. The number of nitrogens with two attached hydrogens (primary N) is 1. The highest BCUT2D eigenvalue weighted by Crippen LogP contribution is 2.27. The first kappa shape index (κ1) is 16.2. The molecule has 1 aromatic carbocycles. The molecule has 0 saturated heterocycles. The van der Waals surface area contributed by atoms with Crippen LogP contribution in [0.5, 0.6) is 5.75 Å². The van der Waals surface area contributed by atoms with Gasteiger partial charge in [-0.2, -0.15) is 0 Å². The van der Waals surface area contributed by atoms with E-state index < -0.39 is 18.0 Å². The van der Waals surface area contributed by atoms with E-state index >= 15 is 0 Å². The lowest BCUT2D eigenvalue weighted by Crippen LogP contribution is -2.26. The van der Waals surface area contributed by atoms with Crippen molar-refractivity contribution >= 4 is 12.4 Å². The number of hydrogen-bond donors (Lipinski definition) is 3. The summed E-state index contributed by atoms with van der Waals surface area (Å²) < 4.78 is 13.0. The number of aliphatic hydroxyl groups excluding tert-OH is 1. The Balaban J connectivity index is 0.00000256. The van der Waals surface area contributed by atoms with Crippen molar-refractivity contribution in [1.82, 2.24) is 0 Å². The molecule has 5 heteroatoms. The highest BCUT2D eigenvalue weighted by atomic mass is 35.5. The van der Waals surface area contributed by atoms with Crippen molar-refractivity contribution < 1.29 is 14.6 Å². The molecule has 0 amide bonds. The van der Waals surface area contributed by atoms with Gasteiger partial charge in [-0.15, -0.1) is 12.4 Å². The zero-order chi connectivity index (χ0) is 12.1. The van der Waals surface area contributed by atoms with Gasteiger partial charge < -0.3 is 15.9 Å². The SMILES string of the molecule is CCCC[C@H](O)[C@H](N)c1cc(F)ccc1O.Cl. The third kappa shape index (κ3) is 4.50. The Kier molecular flexibility index (Phi) is 7.11. The Morgan fingerprint density at radius 3 is 2.65 bits per heavy atom. The summed E-state index contributed by atoms with van der Waals surface area (Å²) in [6, 6.07) is 2.82. The summed E-state index contributed by atoms with van der Waals surface area (Å²) in [6.07, 6.45) is 1.60. The number of unbranched alkanes of at least 4 members (excludes halogenated alkanes) is 1. The first-order chi connectivity index (χ1) is 7.56. The molecule has 0 saturated carbocycles. The number of aliphatic hydroxyl groups is 1. The Morgan fingerprint density at radius 2 is 2.06 bits per heavy atom. The van der Waals surface area contributed by atoms with Crippen molar-refractivity contribution in [3.8, 4) is 5.75 Å². The van der Waals surface area contributed by atoms with Gasteiger partial charge in [0.2, 0.25) is 0 Å². The molecule has 0 spiro atoms. The minimum Gasteiger partial charge on any atom is -0.508 e. The predicted molar refractivity (Wildman–Crippen MR) is 67.8 cm³/mol. The molecule has 0 fully saturated rings. The number of rotatable bonds is 5. The van der Waals surface area contributed by atoms with Crippen LogP contribution in [0, 0.1) is 5.82 Å². The summed E-state index contributed by atoms with van der Waals surface area (Å²) in [5.74, 6) is -0.546. The van der Waals surface area contributed by atoms with Crippen molar-refractivity contribution in [3.63, 3.8) is 0 Å². The van der Waals surface area contributed by atoms with E-state index in [1.807, 2.05) is 6.92 Å². The van der Waals surface area contributed by atoms with E-state index in [0.717, 1.165) is 25.0 Å². The highest BCUT2D eigenvalue weighted by molar-refractivity contribution is 5.85. The largest absolute Gasteiger partial charge is 0.508 e. The van der Waals surface area contributed by atoms with Crippen LogP contribution < -0.4 is 5.73 Å². The maximum absolute atomic E-state index is 13.0. The van der Waals surface area contributed by atoms with E-state index in [0.29, 0.717) is 6.42 Å². The summed E-state index contributed by atoms with van der Waals surface area (Å²) >= 11 is 0. The summed E-state index contributed by atoms with van der Waals surface area (Å²) in [7, 11) is 0. The second-order valence-electron chi connectivity index (χ2n) is 3.94. The third-order valence-electron chi connectivity index (χ3n) is 2.62. The summed E-state index contributed by atoms with van der Waals surface area (Å²) in [5.41, 5.74) is 6.03. The van der Waals surface area contributed by atoms with Crippen molar-refractivity contribution in [1.29, 1.82) is 0 Å². The normalized spacial score (nSPS) is 13.9. The third-order valence-corrected chi connectivity index (χ3v) is 2.62. The Morgan fingerprint density at radius 1 is 1.41 bits per heavy atom. The van der Waals surface area contributed by atoms with Gasteiger partial charge in [0, 0.05) is 5.56 Å². The lowest BCUT2D eigenvalue weighted by atomic mass is 9.97. The van der Waals surface area contributed by atoms with Crippen LogP contribution >= 0.6 is 12.4 Å². The van der Waals surface area contributed by atoms with Gasteiger partial charge in [0.25, 0.3) is 0 Å². The minimum absolute atomic E-state index is 0. The second-order valence-corrected chi connectivity index (χ2v) is 3.94. The predicted octanol–water partition coefficient (Wildman–Crippen LogP) is 2.50. The van der Waals surface area contributed by atoms with Gasteiger partial charge >= 0.3 is 0 Å². The van der Waals surface area contributed by atoms with E-state index in [-0.39, 0.29) is 23.7 Å². The zero-order valence-corrected chi connectivity index (χ0v) is 10.6. The molecule has 0 radical (unpaired) electrons. The first-order valence-electron chi connectivity index (χ1n) is 5.48. The molecule has 1 rings (SSSR count). The average Bonchev–Trinajstić information content (AvgIpc) is 2.28. The second kappa shape index (κ2) is 7.48. The molecule has 98 valence electrons. The highest BCUT2D eigenvalue weighted by Gasteiger charge is 2.19. The Bertz CT molecular complexity index is 349. The van der Waals surface area contributed by atoms with E-state index in [1.54, 1.807) is 0 Å². The molecule has 4 N–H and O–H groups in total. The fourth-order valence-corrected chi connectivity index (χ4v) is 1.59. The molecule has 2 atom stereocenters. The molecule has 0 aliphatic carbocycles. The van der Waals surface area contributed by atoms with E-state index in [2.05, 4.69) is 0 Å². The topological polar surface area (TPSA) is 66.5 Å². The number of aromatic hydroxyl groups is 1. The zero-order valence-electron chi connectivity index (χ0n) is 9.77. The molecule has 0 aliphatic rings. The van der Waals surface area contributed by atoms with Crippen LogP contribution in [0.3, 0.4) is 0 Å². The monoisotopic (exact) mass is 263 g/mol. The molecule has 1 aromatic rings. The fourth-order valence-electron chi connectivity index (χ4n) is 1.59. The number of phenolic OH excluding ortho intramolecular Hbond substituents is 1. The molecular weight excluding hydrogens is 245 g/mol. The number of hydrogen-bond acceptors (Lipinski definition) is 3. The number of phenols is 1. The molecule has 17 heavy (non-hydrogen) atoms. The van der Waals surface area contributed by atoms with Gasteiger partial charge in [-0.3, -0.25) is 0 Å². The summed E-state index contributed by atoms with van der Waals surface area (Å²) in [4.78, 5) is 0. The van der Waals surface area contributed by atoms with Gasteiger partial charge in [0.1, 0.15) is 11.6 Å². The standard InChI is InChI=1S/C12H18FNO2.ClH/c1-2-3-4-11(16)12(14)9-7-8(13)5-6-10(9)15;/h5-7,11-12,15-16H,2-4,14H2,1H3;1H/t11-,12+;/m0./s1. The molecule has 0 aliphatic heterocycles. The fraction of sp³-hybridized carbons (Fsp3) is 0.500. The van der Waals surface area contributed by atoms with Gasteiger partial charge in [-0.05, 0) is 24.6 Å². The van der Waals surface area contributed by atoms with Crippen LogP contribution in [-0.2, 0) is 0 Å². The van der Waals surface area contributed by atoms with E-state index in [1.165, 1.54) is 6.07 Å². The van der Waals surface area contributed by atoms with Crippen LogP contribution in [0.1, 0.15) is 37.8 Å². The lowest BCUT2D eigenvalue weighted by Gasteiger charge is -2.19. The van der Waals surface area contributed by atoms with E-state index in [9.17, 15) is 14.6 Å². The van der Waals surface area contributed by atoms with Gasteiger partial charge in [0.15, 0.2) is 0 Å². The van der Waals surface area contributed by atoms with Crippen LogP contribution in [0.4, 0.5) is 4.39 Å². The van der Waals surface area contributed by atoms with Gasteiger partial charge in [0.05, 0.1) is 12.1 Å². The van der Waals surface area contributed by atoms with E-state index in [4.69, 9.17) is 5.73 Å². The number of benzene rings is 1. The summed E-state index contributed by atoms with van der Waals surface area (Å²) in [5, 5.41) is 19.3. The Labute approximate surface area is 107 Å². The van der Waals surface area contributed by atoms with Gasteiger partial charge in [-0.1, -0.05) is 19.8 Å². The molecule has 0 aromatic heterocycles. The minimum atomic E-state index is -0.757. The molecule has 0 heterocycles. The van der Waals surface area contributed by atoms with Crippen molar-refractivity contribution in [2.45, 2.75) is 38.3 Å². The lowest BCUT2D eigenvalue weighted by molar-refractivity contribution is 0.131. The van der Waals surface area contributed by atoms with Crippen LogP contribution in [0.25, 0.3) is 0 Å². The smallest absolute Gasteiger partial charge is 0.123 e. The first-order valence-corrected chi connectivity index (χ1v) is 5.48.